The number of hydrogen-bond acceptors (Lipinski definition) is 3. The molecule has 3 heterocycles. The van der Waals surface area contributed by atoms with Gasteiger partial charge >= 0.3 is 0 Å². The fourth-order valence-corrected chi connectivity index (χ4v) is 4.89. The Kier molecular flexibility index (Phi) is 4.99. The topological polar surface area (TPSA) is 50.2 Å². The van der Waals surface area contributed by atoms with Crippen LogP contribution in [0.25, 0.3) is 5.69 Å². The summed E-state index contributed by atoms with van der Waals surface area (Å²) < 4.78 is 2.03. The first-order chi connectivity index (χ1) is 12.7. The molecule has 6 heteroatoms. The van der Waals surface area contributed by atoms with E-state index in [0.29, 0.717) is 17.8 Å². The van der Waals surface area contributed by atoms with Gasteiger partial charge in [0.1, 0.15) is 0 Å². The molecule has 2 atom stereocenters. The Morgan fingerprint density at radius 1 is 1.15 bits per heavy atom. The first-order valence-electron chi connectivity index (χ1n) is 9.93. The number of nitrogens with zero attached hydrogens (tertiary/aromatic N) is 3. The second-order valence-electron chi connectivity index (χ2n) is 8.00. The third kappa shape index (κ3) is 3.17. The summed E-state index contributed by atoms with van der Waals surface area (Å²) >= 11 is 0. The van der Waals surface area contributed by atoms with Gasteiger partial charge in [0.25, 0.3) is 5.91 Å². The van der Waals surface area contributed by atoms with Crippen LogP contribution in [0.1, 0.15) is 53.0 Å². The van der Waals surface area contributed by atoms with Gasteiger partial charge in [-0.15, -0.1) is 12.4 Å². The zero-order valence-corrected chi connectivity index (χ0v) is 16.6. The van der Waals surface area contributed by atoms with Crippen LogP contribution in [0.4, 0.5) is 0 Å². The van der Waals surface area contributed by atoms with Crippen LogP contribution in [0.5, 0.6) is 0 Å². The van der Waals surface area contributed by atoms with Gasteiger partial charge in [0.05, 0.1) is 5.69 Å². The molecule has 1 N–H and O–H groups in total. The minimum Gasteiger partial charge on any atom is -0.336 e. The van der Waals surface area contributed by atoms with Crippen LogP contribution >= 0.6 is 12.4 Å². The van der Waals surface area contributed by atoms with Gasteiger partial charge in [-0.1, -0.05) is 18.2 Å². The van der Waals surface area contributed by atoms with E-state index in [1.54, 1.807) is 0 Å². The normalized spacial score (nSPS) is 23.7. The molecule has 1 amide bonds. The van der Waals surface area contributed by atoms with Crippen molar-refractivity contribution in [2.75, 3.05) is 13.1 Å². The number of likely N-dealkylation sites (tertiary alicyclic amines) is 1. The second-order valence-corrected chi connectivity index (χ2v) is 8.00. The molecule has 5 nitrogen and oxygen atoms in total. The second kappa shape index (κ2) is 7.28. The number of benzene rings is 1. The third-order valence-electron chi connectivity index (χ3n) is 6.29. The summed E-state index contributed by atoms with van der Waals surface area (Å²) in [5, 5.41) is 8.50. The molecule has 0 radical (unpaired) electrons. The van der Waals surface area contributed by atoms with E-state index in [0.717, 1.165) is 44.5 Å². The number of rotatable bonds is 2. The fraction of sp³-hybridized carbons (Fsp3) is 0.524. The highest BCUT2D eigenvalue weighted by Gasteiger charge is 2.34. The van der Waals surface area contributed by atoms with Crippen LogP contribution < -0.4 is 5.32 Å². The lowest BCUT2D eigenvalue weighted by atomic mass is 10.1. The minimum atomic E-state index is 0. The highest BCUT2D eigenvalue weighted by molar-refractivity contribution is 5.94. The summed E-state index contributed by atoms with van der Waals surface area (Å²) in [6, 6.07) is 9.35. The van der Waals surface area contributed by atoms with E-state index in [2.05, 4.69) is 24.4 Å². The predicted octanol–water partition coefficient (Wildman–Crippen LogP) is 3.06. The Labute approximate surface area is 166 Å². The van der Waals surface area contributed by atoms with Gasteiger partial charge in [0.15, 0.2) is 5.69 Å². The van der Waals surface area contributed by atoms with E-state index in [-0.39, 0.29) is 18.3 Å². The number of para-hydroxylation sites is 1. The summed E-state index contributed by atoms with van der Waals surface area (Å²) in [7, 11) is 0. The maximum atomic E-state index is 13.3. The van der Waals surface area contributed by atoms with Crippen molar-refractivity contribution in [2.45, 2.75) is 57.5 Å². The van der Waals surface area contributed by atoms with Gasteiger partial charge in [0.2, 0.25) is 0 Å². The molecular weight excluding hydrogens is 360 g/mol. The molecule has 1 aromatic heterocycles. The Morgan fingerprint density at radius 2 is 1.96 bits per heavy atom. The fourth-order valence-electron chi connectivity index (χ4n) is 4.89. The molecule has 0 saturated carbocycles. The maximum absolute atomic E-state index is 13.3. The number of nitrogens with one attached hydrogen (secondary N) is 1. The zero-order valence-electron chi connectivity index (χ0n) is 15.8. The number of amides is 1. The van der Waals surface area contributed by atoms with Crippen LogP contribution in [-0.4, -0.2) is 45.8 Å². The molecule has 2 unspecified atom stereocenters. The quantitative estimate of drug-likeness (QED) is 0.863. The molecule has 1 aromatic carbocycles. The highest BCUT2D eigenvalue weighted by Crippen LogP contribution is 2.30. The minimum absolute atomic E-state index is 0. The first-order valence-corrected chi connectivity index (χ1v) is 9.93. The monoisotopic (exact) mass is 386 g/mol. The number of aryl methyl sites for hydroxylation is 1. The van der Waals surface area contributed by atoms with Gasteiger partial charge in [-0.25, -0.2) is 4.68 Å². The van der Waals surface area contributed by atoms with Crippen molar-refractivity contribution in [1.82, 2.24) is 20.0 Å². The van der Waals surface area contributed by atoms with Gasteiger partial charge in [0, 0.05) is 36.4 Å². The molecule has 0 spiro atoms. The number of aromatic nitrogens is 2. The lowest BCUT2D eigenvalue weighted by Crippen LogP contribution is -2.39. The summed E-state index contributed by atoms with van der Waals surface area (Å²) in [5.41, 5.74) is 5.40. The molecule has 144 valence electrons. The van der Waals surface area contributed by atoms with Gasteiger partial charge in [-0.2, -0.15) is 5.10 Å². The van der Waals surface area contributed by atoms with Crippen molar-refractivity contribution in [2.24, 2.45) is 0 Å². The van der Waals surface area contributed by atoms with Crippen LogP contribution in [0.2, 0.25) is 0 Å². The van der Waals surface area contributed by atoms with Crippen molar-refractivity contribution >= 4 is 18.3 Å². The Bertz CT molecular complexity index is 862. The largest absolute Gasteiger partial charge is 0.336 e. The van der Waals surface area contributed by atoms with Crippen LogP contribution in [0, 0.1) is 6.92 Å². The average Bonchev–Trinajstić information content (AvgIpc) is 3.30. The van der Waals surface area contributed by atoms with Crippen molar-refractivity contribution in [3.63, 3.8) is 0 Å². The van der Waals surface area contributed by atoms with Crippen LogP contribution in [0.15, 0.2) is 24.3 Å². The Hall–Kier alpha value is -1.85. The molecule has 2 aliphatic heterocycles. The number of hydrogen-bond donors (Lipinski definition) is 1. The summed E-state index contributed by atoms with van der Waals surface area (Å²) in [6.07, 6.45) is 6.60. The van der Waals surface area contributed by atoms with Crippen molar-refractivity contribution in [3.8, 4) is 5.69 Å². The van der Waals surface area contributed by atoms with E-state index in [1.807, 2.05) is 21.7 Å². The van der Waals surface area contributed by atoms with Crippen molar-refractivity contribution in [1.29, 1.82) is 0 Å². The van der Waals surface area contributed by atoms with E-state index in [9.17, 15) is 4.79 Å². The zero-order chi connectivity index (χ0) is 17.7. The average molecular weight is 387 g/mol. The summed E-state index contributed by atoms with van der Waals surface area (Å²) in [4.78, 5) is 15.4. The molecule has 5 rings (SSSR count). The lowest BCUT2D eigenvalue weighted by molar-refractivity contribution is 0.0740. The molecule has 2 fully saturated rings. The van der Waals surface area contributed by atoms with E-state index in [4.69, 9.17) is 5.10 Å². The summed E-state index contributed by atoms with van der Waals surface area (Å²) in [5.74, 6) is 0.129. The van der Waals surface area contributed by atoms with E-state index in [1.165, 1.54) is 29.7 Å². The molecule has 1 aliphatic carbocycles. The smallest absolute Gasteiger partial charge is 0.274 e. The van der Waals surface area contributed by atoms with Gasteiger partial charge < -0.3 is 10.2 Å². The molecule has 3 aliphatic rings. The SMILES string of the molecule is Cc1ccccc1-n1nc(C(=O)N2CCC3CCC(C2)N3)c2c1CCC2.Cl. The first kappa shape index (κ1) is 18.5. The molecule has 27 heavy (non-hydrogen) atoms. The van der Waals surface area contributed by atoms with Gasteiger partial charge in [-0.3, -0.25) is 4.79 Å². The Morgan fingerprint density at radius 3 is 2.81 bits per heavy atom. The molecule has 2 bridgehead atoms. The molecule has 2 saturated heterocycles. The van der Waals surface area contributed by atoms with E-state index >= 15 is 0 Å². The molecule has 2 aromatic rings. The Balaban J connectivity index is 0.00000180. The van der Waals surface area contributed by atoms with Crippen LogP contribution in [-0.2, 0) is 12.8 Å². The predicted molar refractivity (Wildman–Crippen MR) is 108 cm³/mol. The third-order valence-corrected chi connectivity index (χ3v) is 6.29. The van der Waals surface area contributed by atoms with Crippen LogP contribution in [0.3, 0.4) is 0 Å². The van der Waals surface area contributed by atoms with Gasteiger partial charge in [-0.05, 0) is 57.1 Å². The number of halogens is 1. The number of carbonyl (C=O) groups is 1. The van der Waals surface area contributed by atoms with Crippen molar-refractivity contribution < 1.29 is 4.79 Å². The van der Waals surface area contributed by atoms with Crippen molar-refractivity contribution in [3.05, 3.63) is 46.8 Å². The van der Waals surface area contributed by atoms with E-state index < -0.39 is 0 Å². The number of carbonyl (C=O) groups excluding carboxylic acids is 1. The standard InChI is InChI=1S/C21H26N4O.ClH/c1-14-5-2-3-7-18(14)25-19-8-4-6-17(19)20(23-25)21(26)24-12-11-15-9-10-16(13-24)22-15;/h2-3,5,7,15-16,22H,4,6,8-13H2,1H3;1H. The lowest BCUT2D eigenvalue weighted by Gasteiger charge is -2.23. The summed E-state index contributed by atoms with van der Waals surface area (Å²) in [6.45, 7) is 3.78. The maximum Gasteiger partial charge on any atom is 0.274 e. The highest BCUT2D eigenvalue weighted by atomic mass is 35.5. The molecular formula is C21H27ClN4O. The number of fused-ring (bicyclic) bond motifs is 3.